The normalized spacial score (nSPS) is 15.7. The lowest BCUT2D eigenvalue weighted by Crippen LogP contribution is -2.37. The van der Waals surface area contributed by atoms with Gasteiger partial charge in [-0.3, -0.25) is 14.3 Å². The summed E-state index contributed by atoms with van der Waals surface area (Å²) in [5.74, 6) is -1.15. The minimum atomic E-state index is -4.73. The third-order valence-electron chi connectivity index (χ3n) is 5.65. The maximum atomic E-state index is 13.9. The number of likely N-dealkylation sites (N-methyl/N-ethyl adjacent to an activating group) is 1. The van der Waals surface area contributed by atoms with Crippen LogP contribution in [0.4, 0.5) is 13.2 Å². The number of nitrogens with zero attached hydrogens (tertiary/aromatic N) is 3. The lowest BCUT2D eigenvalue weighted by Gasteiger charge is -2.33. The van der Waals surface area contributed by atoms with Gasteiger partial charge in [0.25, 0.3) is 0 Å². The van der Waals surface area contributed by atoms with E-state index in [0.29, 0.717) is 22.0 Å². The number of carbonyl (C=O) groups is 2. The number of alkyl halides is 3. The summed E-state index contributed by atoms with van der Waals surface area (Å²) in [6.07, 6.45) is -2.29. The van der Waals surface area contributed by atoms with Gasteiger partial charge in [0, 0.05) is 36.1 Å². The number of thiophene rings is 1. The van der Waals surface area contributed by atoms with Crippen LogP contribution in [0.3, 0.4) is 0 Å². The molecule has 11 heteroatoms. The molecule has 1 aliphatic heterocycles. The smallest absolute Gasteiger partial charge is 0.358 e. The molecule has 34 heavy (non-hydrogen) atoms. The molecule has 178 valence electrons. The van der Waals surface area contributed by atoms with Crippen LogP contribution in [0, 0.1) is 0 Å². The van der Waals surface area contributed by atoms with Crippen molar-refractivity contribution in [2.45, 2.75) is 25.2 Å². The molecule has 6 nitrogen and oxygen atoms in total. The van der Waals surface area contributed by atoms with Crippen molar-refractivity contribution < 1.29 is 22.8 Å². The highest BCUT2D eigenvalue weighted by Crippen LogP contribution is 2.44. The summed E-state index contributed by atoms with van der Waals surface area (Å²) < 4.78 is 43.3. The summed E-state index contributed by atoms with van der Waals surface area (Å²) in [6.45, 7) is 3.81. The van der Waals surface area contributed by atoms with Gasteiger partial charge in [0.2, 0.25) is 11.8 Å². The van der Waals surface area contributed by atoms with Gasteiger partial charge in [0.15, 0.2) is 5.69 Å². The van der Waals surface area contributed by atoms with Crippen molar-refractivity contribution in [2.24, 2.45) is 0 Å². The van der Waals surface area contributed by atoms with E-state index in [4.69, 9.17) is 11.6 Å². The average Bonchev–Trinajstić information content (AvgIpc) is 3.40. The number of halogens is 4. The zero-order chi connectivity index (χ0) is 24.6. The molecule has 0 spiro atoms. The van der Waals surface area contributed by atoms with E-state index < -0.39 is 23.7 Å². The van der Waals surface area contributed by atoms with Crippen molar-refractivity contribution in [2.75, 3.05) is 13.6 Å². The highest BCUT2D eigenvalue weighted by atomic mass is 35.5. The standard InChI is InChI=1S/C23H20ClF3N4O2S/c1-3-21(33)30-9-16(15-8-19(24)34-18(15)11-30)13-6-4-5-7-14(13)17-10-31(12-20(32)28-2)29-22(17)23(25,26)27/h3-8,10,16H,1,9,11-12H2,2H3,(H,28,32)/t16-/m0/s1. The van der Waals surface area contributed by atoms with E-state index in [1.54, 1.807) is 35.2 Å². The van der Waals surface area contributed by atoms with Crippen LogP contribution in [-0.4, -0.2) is 40.1 Å². The fraction of sp³-hybridized carbons (Fsp3) is 0.261. The van der Waals surface area contributed by atoms with E-state index in [1.165, 1.54) is 30.7 Å². The molecular formula is C23H20ClF3N4O2S. The largest absolute Gasteiger partial charge is 0.435 e. The van der Waals surface area contributed by atoms with Crippen LogP contribution in [0.25, 0.3) is 11.1 Å². The number of benzene rings is 1. The van der Waals surface area contributed by atoms with Crippen molar-refractivity contribution in [3.05, 3.63) is 75.2 Å². The molecule has 0 saturated carbocycles. The Balaban J connectivity index is 1.87. The number of carbonyl (C=O) groups excluding carboxylic acids is 2. The quantitative estimate of drug-likeness (QED) is 0.508. The van der Waals surface area contributed by atoms with E-state index >= 15 is 0 Å². The molecule has 1 N–H and O–H groups in total. The van der Waals surface area contributed by atoms with Crippen LogP contribution in [0.2, 0.25) is 4.34 Å². The zero-order valence-corrected chi connectivity index (χ0v) is 19.6. The Labute approximate surface area is 202 Å². The van der Waals surface area contributed by atoms with E-state index in [0.717, 1.165) is 15.1 Å². The fourth-order valence-corrected chi connectivity index (χ4v) is 5.49. The SMILES string of the molecule is C=CC(=O)N1Cc2sc(Cl)cc2[C@H](c2ccccc2-c2cn(CC(=O)NC)nc2C(F)(F)F)C1. The van der Waals surface area contributed by atoms with E-state index in [-0.39, 0.29) is 24.6 Å². The van der Waals surface area contributed by atoms with Crippen LogP contribution in [0.1, 0.15) is 27.6 Å². The Bertz CT molecular complexity index is 1270. The van der Waals surface area contributed by atoms with Crippen LogP contribution >= 0.6 is 22.9 Å². The third-order valence-corrected chi connectivity index (χ3v) is 6.92. The van der Waals surface area contributed by atoms with Crippen molar-refractivity contribution in [3.8, 4) is 11.1 Å². The number of hydrogen-bond donors (Lipinski definition) is 1. The Morgan fingerprint density at radius 1 is 1.29 bits per heavy atom. The topological polar surface area (TPSA) is 67.2 Å². The fourth-order valence-electron chi connectivity index (χ4n) is 4.13. The molecule has 4 rings (SSSR count). The molecule has 3 heterocycles. The molecule has 0 fully saturated rings. The molecule has 1 aliphatic rings. The van der Waals surface area contributed by atoms with E-state index in [2.05, 4.69) is 17.0 Å². The maximum Gasteiger partial charge on any atom is 0.435 e. The number of hydrogen-bond acceptors (Lipinski definition) is 4. The van der Waals surface area contributed by atoms with Gasteiger partial charge in [-0.05, 0) is 28.8 Å². The Kier molecular flexibility index (Phi) is 6.55. The Morgan fingerprint density at radius 3 is 2.71 bits per heavy atom. The first-order valence-electron chi connectivity index (χ1n) is 10.3. The molecule has 2 aromatic heterocycles. The van der Waals surface area contributed by atoms with Gasteiger partial charge in [-0.2, -0.15) is 18.3 Å². The second-order valence-electron chi connectivity index (χ2n) is 7.75. The second-order valence-corrected chi connectivity index (χ2v) is 9.52. The highest BCUT2D eigenvalue weighted by Gasteiger charge is 2.39. The van der Waals surface area contributed by atoms with E-state index in [1.807, 2.05) is 0 Å². The summed E-state index contributed by atoms with van der Waals surface area (Å²) in [7, 11) is 1.40. The summed E-state index contributed by atoms with van der Waals surface area (Å²) in [4.78, 5) is 26.6. The Hall–Kier alpha value is -3.11. The number of fused-ring (bicyclic) bond motifs is 1. The first kappa shape index (κ1) is 24.0. The molecule has 1 aromatic carbocycles. The monoisotopic (exact) mass is 508 g/mol. The minimum absolute atomic E-state index is 0.137. The third kappa shape index (κ3) is 4.60. The molecule has 0 bridgehead atoms. The molecule has 0 unspecified atom stereocenters. The number of rotatable bonds is 5. The number of aromatic nitrogens is 2. The van der Waals surface area contributed by atoms with E-state index in [9.17, 15) is 22.8 Å². The van der Waals surface area contributed by atoms with Crippen molar-refractivity contribution in [1.29, 1.82) is 0 Å². The second kappa shape index (κ2) is 9.27. The lowest BCUT2D eigenvalue weighted by atomic mass is 9.84. The van der Waals surface area contributed by atoms with Gasteiger partial charge >= 0.3 is 6.18 Å². The molecule has 3 aromatic rings. The summed E-state index contributed by atoms with van der Waals surface area (Å²) in [5.41, 5.74) is 0.583. The number of amides is 2. The van der Waals surface area contributed by atoms with Crippen LogP contribution < -0.4 is 5.32 Å². The van der Waals surface area contributed by atoms with Gasteiger partial charge in [-0.1, -0.05) is 42.4 Å². The van der Waals surface area contributed by atoms with Gasteiger partial charge in [0.05, 0.1) is 10.9 Å². The Morgan fingerprint density at radius 2 is 2.03 bits per heavy atom. The van der Waals surface area contributed by atoms with Gasteiger partial charge < -0.3 is 10.2 Å². The highest BCUT2D eigenvalue weighted by molar-refractivity contribution is 7.16. The average molecular weight is 509 g/mol. The van der Waals surface area contributed by atoms with Gasteiger partial charge in [-0.15, -0.1) is 11.3 Å². The summed E-state index contributed by atoms with van der Waals surface area (Å²) in [6, 6.07) is 8.52. The zero-order valence-electron chi connectivity index (χ0n) is 18.0. The van der Waals surface area contributed by atoms with Gasteiger partial charge in [0.1, 0.15) is 6.54 Å². The number of nitrogens with one attached hydrogen (secondary N) is 1. The molecule has 1 atom stereocenters. The first-order chi connectivity index (χ1) is 16.1. The van der Waals surface area contributed by atoms with Crippen LogP contribution in [0.15, 0.2) is 49.2 Å². The minimum Gasteiger partial charge on any atom is -0.358 e. The first-order valence-corrected chi connectivity index (χ1v) is 11.5. The van der Waals surface area contributed by atoms with Crippen LogP contribution in [0.5, 0.6) is 0 Å². The molecular weight excluding hydrogens is 489 g/mol. The van der Waals surface area contributed by atoms with Crippen LogP contribution in [-0.2, 0) is 28.9 Å². The molecule has 0 saturated heterocycles. The summed E-state index contributed by atoms with van der Waals surface area (Å²) >= 11 is 7.61. The van der Waals surface area contributed by atoms with Crippen molar-refractivity contribution in [3.63, 3.8) is 0 Å². The lowest BCUT2D eigenvalue weighted by molar-refractivity contribution is -0.141. The molecule has 0 aliphatic carbocycles. The van der Waals surface area contributed by atoms with Gasteiger partial charge in [-0.25, -0.2) is 0 Å². The predicted molar refractivity (Wildman–Crippen MR) is 124 cm³/mol. The summed E-state index contributed by atoms with van der Waals surface area (Å²) in [5, 5.41) is 6.05. The maximum absolute atomic E-state index is 13.9. The van der Waals surface area contributed by atoms with Crippen molar-refractivity contribution in [1.82, 2.24) is 20.0 Å². The predicted octanol–water partition coefficient (Wildman–Crippen LogP) is 4.69. The molecule has 2 amide bonds. The molecule has 0 radical (unpaired) electrons. The van der Waals surface area contributed by atoms with Crippen molar-refractivity contribution >= 4 is 34.8 Å².